The SMILES string of the molecule is Cn1cc(C(=O)NC[C@H](c2cccs2)N2CCCC2)c(-c2ccncc2)n1. The Labute approximate surface area is 162 Å². The molecule has 0 saturated carbocycles. The van der Waals surface area contributed by atoms with Crippen LogP contribution >= 0.6 is 11.3 Å². The van der Waals surface area contributed by atoms with Gasteiger partial charge in [-0.2, -0.15) is 5.10 Å². The van der Waals surface area contributed by atoms with E-state index in [4.69, 9.17) is 0 Å². The Morgan fingerprint density at radius 3 is 2.74 bits per heavy atom. The van der Waals surface area contributed by atoms with Crippen molar-refractivity contribution >= 4 is 17.2 Å². The number of likely N-dealkylation sites (tertiary alicyclic amines) is 1. The average Bonchev–Trinajstić information content (AvgIpc) is 3.45. The van der Waals surface area contributed by atoms with Gasteiger partial charge in [-0.3, -0.25) is 19.4 Å². The molecule has 1 saturated heterocycles. The molecule has 7 heteroatoms. The average molecular weight is 382 g/mol. The highest BCUT2D eigenvalue weighted by atomic mass is 32.1. The van der Waals surface area contributed by atoms with Gasteiger partial charge in [0.25, 0.3) is 5.91 Å². The van der Waals surface area contributed by atoms with Gasteiger partial charge in [0.05, 0.1) is 11.6 Å². The van der Waals surface area contributed by atoms with E-state index >= 15 is 0 Å². The van der Waals surface area contributed by atoms with Crippen LogP contribution in [0.25, 0.3) is 11.3 Å². The molecular weight excluding hydrogens is 358 g/mol. The zero-order chi connectivity index (χ0) is 18.6. The van der Waals surface area contributed by atoms with E-state index in [0.29, 0.717) is 17.8 Å². The summed E-state index contributed by atoms with van der Waals surface area (Å²) in [4.78, 5) is 20.8. The van der Waals surface area contributed by atoms with E-state index < -0.39 is 0 Å². The first kappa shape index (κ1) is 17.9. The predicted molar refractivity (Wildman–Crippen MR) is 107 cm³/mol. The van der Waals surface area contributed by atoms with Crippen LogP contribution in [0.2, 0.25) is 0 Å². The van der Waals surface area contributed by atoms with Crippen molar-refractivity contribution in [1.29, 1.82) is 0 Å². The fourth-order valence-electron chi connectivity index (χ4n) is 3.61. The molecule has 3 aromatic heterocycles. The van der Waals surface area contributed by atoms with E-state index in [0.717, 1.165) is 18.7 Å². The van der Waals surface area contributed by atoms with E-state index in [1.165, 1.54) is 17.7 Å². The van der Waals surface area contributed by atoms with Crippen LogP contribution in [-0.4, -0.2) is 45.2 Å². The van der Waals surface area contributed by atoms with E-state index in [-0.39, 0.29) is 11.9 Å². The molecule has 1 amide bonds. The first-order valence-electron chi connectivity index (χ1n) is 9.22. The van der Waals surface area contributed by atoms with Crippen LogP contribution < -0.4 is 5.32 Å². The molecule has 1 aliphatic rings. The Morgan fingerprint density at radius 1 is 1.26 bits per heavy atom. The molecule has 0 aromatic carbocycles. The van der Waals surface area contributed by atoms with Crippen molar-refractivity contribution in [2.45, 2.75) is 18.9 Å². The van der Waals surface area contributed by atoms with Gasteiger partial charge in [-0.05, 0) is 49.5 Å². The molecule has 4 heterocycles. The number of hydrogen-bond acceptors (Lipinski definition) is 5. The Morgan fingerprint density at radius 2 is 2.04 bits per heavy atom. The van der Waals surface area contributed by atoms with Crippen LogP contribution in [0.4, 0.5) is 0 Å². The summed E-state index contributed by atoms with van der Waals surface area (Å²) in [5.41, 5.74) is 2.17. The van der Waals surface area contributed by atoms with Gasteiger partial charge in [0.1, 0.15) is 5.69 Å². The zero-order valence-corrected chi connectivity index (χ0v) is 16.2. The standard InChI is InChI=1S/C20H23N5OS/c1-24-14-16(19(23-24)15-6-8-21-9-7-15)20(26)22-13-17(18-5-4-12-27-18)25-10-2-3-11-25/h4-9,12,14,17H,2-3,10-11,13H2,1H3,(H,22,26)/t17-/m1/s1. The van der Waals surface area contributed by atoms with Crippen LogP contribution in [0.15, 0.2) is 48.2 Å². The number of aryl methyl sites for hydroxylation is 1. The first-order chi connectivity index (χ1) is 13.2. The summed E-state index contributed by atoms with van der Waals surface area (Å²) >= 11 is 1.75. The first-order valence-corrected chi connectivity index (χ1v) is 10.1. The second-order valence-corrected chi connectivity index (χ2v) is 7.76. The van der Waals surface area contributed by atoms with Crippen molar-refractivity contribution in [2.75, 3.05) is 19.6 Å². The van der Waals surface area contributed by atoms with Crippen LogP contribution in [0.5, 0.6) is 0 Å². The lowest BCUT2D eigenvalue weighted by Gasteiger charge is -2.26. The second kappa shape index (κ2) is 8.02. The summed E-state index contributed by atoms with van der Waals surface area (Å²) < 4.78 is 1.68. The fraction of sp³-hybridized carbons (Fsp3) is 0.350. The highest BCUT2D eigenvalue weighted by Crippen LogP contribution is 2.28. The molecule has 0 aliphatic carbocycles. The van der Waals surface area contributed by atoms with Crippen molar-refractivity contribution in [1.82, 2.24) is 25.0 Å². The molecule has 6 nitrogen and oxygen atoms in total. The molecular formula is C20H23N5OS. The number of nitrogens with one attached hydrogen (secondary N) is 1. The molecule has 3 aromatic rings. The minimum Gasteiger partial charge on any atom is -0.350 e. The van der Waals surface area contributed by atoms with Crippen LogP contribution in [0, 0.1) is 0 Å². The zero-order valence-electron chi connectivity index (χ0n) is 15.3. The maximum atomic E-state index is 12.9. The topological polar surface area (TPSA) is 63.1 Å². The van der Waals surface area contributed by atoms with E-state index in [1.54, 1.807) is 34.6 Å². The summed E-state index contributed by atoms with van der Waals surface area (Å²) in [5.74, 6) is -0.0873. The van der Waals surface area contributed by atoms with Gasteiger partial charge in [0.15, 0.2) is 0 Å². The lowest BCUT2D eigenvalue weighted by molar-refractivity contribution is 0.0939. The maximum absolute atomic E-state index is 12.9. The van der Waals surface area contributed by atoms with Gasteiger partial charge in [-0.15, -0.1) is 11.3 Å². The molecule has 1 fully saturated rings. The summed E-state index contributed by atoms with van der Waals surface area (Å²) in [6.07, 6.45) is 7.66. The molecule has 1 aliphatic heterocycles. The summed E-state index contributed by atoms with van der Waals surface area (Å²) in [6.45, 7) is 2.78. The van der Waals surface area contributed by atoms with E-state index in [2.05, 4.69) is 37.8 Å². The largest absolute Gasteiger partial charge is 0.350 e. The number of rotatable bonds is 6. The molecule has 140 valence electrons. The minimum atomic E-state index is -0.0873. The molecule has 0 bridgehead atoms. The molecule has 4 rings (SSSR count). The summed E-state index contributed by atoms with van der Waals surface area (Å²) in [6, 6.07) is 8.22. The normalized spacial score (nSPS) is 15.7. The van der Waals surface area contributed by atoms with Crippen molar-refractivity contribution in [3.05, 3.63) is 58.7 Å². The number of amides is 1. The number of carbonyl (C=O) groups is 1. The third kappa shape index (κ3) is 3.94. The molecule has 0 radical (unpaired) electrons. The Balaban J connectivity index is 1.52. The Bertz CT molecular complexity index is 885. The number of aromatic nitrogens is 3. The lowest BCUT2D eigenvalue weighted by Crippen LogP contribution is -2.36. The van der Waals surface area contributed by atoms with Gasteiger partial charge < -0.3 is 5.32 Å². The minimum absolute atomic E-state index is 0.0873. The fourth-order valence-corrected chi connectivity index (χ4v) is 4.47. The van der Waals surface area contributed by atoms with Crippen LogP contribution in [0.1, 0.15) is 34.1 Å². The predicted octanol–water partition coefficient (Wildman–Crippen LogP) is 3.11. The number of carbonyl (C=O) groups excluding carboxylic acids is 1. The van der Waals surface area contributed by atoms with E-state index in [9.17, 15) is 4.79 Å². The third-order valence-electron chi connectivity index (χ3n) is 4.94. The van der Waals surface area contributed by atoms with Crippen molar-refractivity contribution in [2.24, 2.45) is 7.05 Å². The van der Waals surface area contributed by atoms with Crippen molar-refractivity contribution in [3.63, 3.8) is 0 Å². The molecule has 27 heavy (non-hydrogen) atoms. The molecule has 1 atom stereocenters. The van der Waals surface area contributed by atoms with Crippen molar-refractivity contribution < 1.29 is 4.79 Å². The van der Waals surface area contributed by atoms with Crippen LogP contribution in [-0.2, 0) is 7.05 Å². The molecule has 0 spiro atoms. The van der Waals surface area contributed by atoms with E-state index in [1.807, 2.05) is 19.2 Å². The summed E-state index contributed by atoms with van der Waals surface area (Å²) in [5, 5.41) is 9.72. The Hall–Kier alpha value is -2.51. The highest BCUT2D eigenvalue weighted by molar-refractivity contribution is 7.10. The number of pyridine rings is 1. The Kier molecular flexibility index (Phi) is 5.31. The summed E-state index contributed by atoms with van der Waals surface area (Å²) in [7, 11) is 1.83. The number of hydrogen-bond donors (Lipinski definition) is 1. The van der Waals surface area contributed by atoms with Gasteiger partial charge >= 0.3 is 0 Å². The number of thiophene rings is 1. The smallest absolute Gasteiger partial charge is 0.255 e. The monoisotopic (exact) mass is 381 g/mol. The van der Waals surface area contributed by atoms with Gasteiger partial charge in [-0.1, -0.05) is 6.07 Å². The maximum Gasteiger partial charge on any atom is 0.255 e. The van der Waals surface area contributed by atoms with Gasteiger partial charge in [-0.25, -0.2) is 0 Å². The van der Waals surface area contributed by atoms with Crippen LogP contribution in [0.3, 0.4) is 0 Å². The third-order valence-corrected chi connectivity index (χ3v) is 5.91. The molecule has 0 unspecified atom stereocenters. The quantitative estimate of drug-likeness (QED) is 0.713. The van der Waals surface area contributed by atoms with Gasteiger partial charge in [0.2, 0.25) is 0 Å². The number of nitrogens with zero attached hydrogens (tertiary/aromatic N) is 4. The highest BCUT2D eigenvalue weighted by Gasteiger charge is 2.25. The second-order valence-electron chi connectivity index (χ2n) is 6.79. The molecule has 1 N–H and O–H groups in total. The lowest BCUT2D eigenvalue weighted by atomic mass is 10.1. The van der Waals surface area contributed by atoms with Crippen molar-refractivity contribution in [3.8, 4) is 11.3 Å². The van der Waals surface area contributed by atoms with Gasteiger partial charge in [0, 0.05) is 42.6 Å².